The third-order valence-corrected chi connectivity index (χ3v) is 7.94. The van der Waals surface area contributed by atoms with E-state index in [-0.39, 0.29) is 113 Å². The van der Waals surface area contributed by atoms with Crippen LogP contribution >= 0.6 is 0 Å². The standard InChI is InChI=1S/C37H56N4O11/c1-25(2)30(22-29(42)15-18-49-20-21-50-19-17-41-31(43)13-14-32(41)44)35(47)39-26(3)34(46)40-28-11-9-27(10-12-28)23-51-36(48)38-16-7-8-33(45)52-24-37(4,5)6/h9-12,25-26,30H,7-8,13-24H2,1-6H3,(H,38,48)(H,39,47)(H,40,46)/t26-,30-/m0/s1. The molecule has 2 rings (SSSR count). The van der Waals surface area contributed by atoms with Crippen LogP contribution in [0.4, 0.5) is 10.5 Å². The Morgan fingerprint density at radius 2 is 1.46 bits per heavy atom. The zero-order valence-corrected chi connectivity index (χ0v) is 31.4. The summed E-state index contributed by atoms with van der Waals surface area (Å²) >= 11 is 0. The minimum absolute atomic E-state index is 0.00304. The molecular weight excluding hydrogens is 676 g/mol. The summed E-state index contributed by atoms with van der Waals surface area (Å²) in [6, 6.07) is 5.80. The number of amides is 5. The van der Waals surface area contributed by atoms with Gasteiger partial charge in [-0.2, -0.15) is 0 Å². The predicted octanol–water partition coefficient (Wildman–Crippen LogP) is 3.53. The number of ether oxygens (including phenoxy) is 4. The summed E-state index contributed by atoms with van der Waals surface area (Å²) in [5.74, 6) is -2.46. The summed E-state index contributed by atoms with van der Waals surface area (Å²) in [6.07, 6.45) is 0.599. The van der Waals surface area contributed by atoms with Crippen LogP contribution in [0, 0.1) is 17.3 Å². The number of carbonyl (C=O) groups excluding carboxylic acids is 7. The van der Waals surface area contributed by atoms with Gasteiger partial charge in [0.1, 0.15) is 18.4 Å². The first-order valence-electron chi connectivity index (χ1n) is 17.8. The summed E-state index contributed by atoms with van der Waals surface area (Å²) in [4.78, 5) is 86.6. The van der Waals surface area contributed by atoms with Gasteiger partial charge in [0.15, 0.2) is 0 Å². The van der Waals surface area contributed by atoms with E-state index in [9.17, 15) is 33.6 Å². The van der Waals surface area contributed by atoms with Gasteiger partial charge in [0, 0.05) is 50.3 Å². The van der Waals surface area contributed by atoms with Crippen molar-refractivity contribution < 1.29 is 52.5 Å². The lowest BCUT2D eigenvalue weighted by Gasteiger charge is -2.22. The van der Waals surface area contributed by atoms with Gasteiger partial charge in [0.05, 0.1) is 39.6 Å². The smallest absolute Gasteiger partial charge is 0.407 e. The fraction of sp³-hybridized carbons (Fsp3) is 0.649. The van der Waals surface area contributed by atoms with Gasteiger partial charge in [-0.25, -0.2) is 4.79 Å². The lowest BCUT2D eigenvalue weighted by atomic mass is 9.89. The van der Waals surface area contributed by atoms with Crippen molar-refractivity contribution in [3.8, 4) is 0 Å². The van der Waals surface area contributed by atoms with Crippen molar-refractivity contribution in [1.82, 2.24) is 15.5 Å². The number of alkyl carbamates (subject to hydrolysis) is 1. The van der Waals surface area contributed by atoms with Crippen LogP contribution in [0.25, 0.3) is 0 Å². The van der Waals surface area contributed by atoms with Gasteiger partial charge in [-0.1, -0.05) is 46.8 Å². The lowest BCUT2D eigenvalue weighted by molar-refractivity contribution is -0.146. The molecule has 0 unspecified atom stereocenters. The molecule has 0 saturated carbocycles. The Morgan fingerprint density at radius 1 is 0.827 bits per heavy atom. The molecule has 3 N–H and O–H groups in total. The molecule has 15 nitrogen and oxygen atoms in total. The lowest BCUT2D eigenvalue weighted by Crippen LogP contribution is -2.45. The molecule has 1 aromatic carbocycles. The molecule has 0 spiro atoms. The maximum absolute atomic E-state index is 13.0. The van der Waals surface area contributed by atoms with Crippen molar-refractivity contribution in [2.24, 2.45) is 17.3 Å². The van der Waals surface area contributed by atoms with Gasteiger partial charge >= 0.3 is 12.1 Å². The number of rotatable bonds is 23. The number of Topliss-reactive ketones (excluding diaryl/α,β-unsaturated/α-hetero) is 1. The zero-order chi connectivity index (χ0) is 38.7. The Hall–Kier alpha value is -4.37. The van der Waals surface area contributed by atoms with Gasteiger partial charge < -0.3 is 34.9 Å². The second-order valence-electron chi connectivity index (χ2n) is 14.3. The summed E-state index contributed by atoms with van der Waals surface area (Å²) < 4.78 is 21.3. The number of ketones is 1. The van der Waals surface area contributed by atoms with Crippen LogP contribution in [0.3, 0.4) is 0 Å². The van der Waals surface area contributed by atoms with Gasteiger partial charge in [-0.3, -0.25) is 33.7 Å². The first-order chi connectivity index (χ1) is 24.6. The molecule has 2 atom stereocenters. The molecule has 0 radical (unpaired) electrons. The summed E-state index contributed by atoms with van der Waals surface area (Å²) in [5, 5.41) is 8.04. The predicted molar refractivity (Wildman–Crippen MR) is 191 cm³/mol. The molecule has 1 aromatic rings. The Bertz CT molecular complexity index is 1340. The summed E-state index contributed by atoms with van der Waals surface area (Å²) in [7, 11) is 0. The molecule has 1 aliphatic rings. The van der Waals surface area contributed by atoms with E-state index in [1.807, 2.05) is 34.6 Å². The number of esters is 1. The van der Waals surface area contributed by atoms with Crippen LogP contribution in [0.5, 0.6) is 0 Å². The van der Waals surface area contributed by atoms with E-state index in [0.29, 0.717) is 24.3 Å². The minimum atomic E-state index is -0.874. The highest BCUT2D eigenvalue weighted by atomic mass is 16.5. The largest absolute Gasteiger partial charge is 0.465 e. The summed E-state index contributed by atoms with van der Waals surface area (Å²) in [5.41, 5.74) is 1.06. The fourth-order valence-corrected chi connectivity index (χ4v) is 4.83. The average Bonchev–Trinajstić information content (AvgIpc) is 3.40. The number of hydrogen-bond donors (Lipinski definition) is 3. The first kappa shape index (κ1) is 43.8. The van der Waals surface area contributed by atoms with Crippen molar-refractivity contribution >= 4 is 47.2 Å². The van der Waals surface area contributed by atoms with E-state index in [1.54, 1.807) is 31.2 Å². The number of nitrogens with one attached hydrogen (secondary N) is 3. The maximum atomic E-state index is 13.0. The van der Waals surface area contributed by atoms with Crippen LogP contribution in [0.1, 0.15) is 85.6 Å². The highest BCUT2D eigenvalue weighted by Gasteiger charge is 2.29. The van der Waals surface area contributed by atoms with Crippen molar-refractivity contribution in [3.63, 3.8) is 0 Å². The monoisotopic (exact) mass is 732 g/mol. The maximum Gasteiger partial charge on any atom is 0.407 e. The van der Waals surface area contributed by atoms with E-state index in [1.165, 1.54) is 4.90 Å². The van der Waals surface area contributed by atoms with E-state index >= 15 is 0 Å². The van der Waals surface area contributed by atoms with Crippen LogP contribution in [0.2, 0.25) is 0 Å². The van der Waals surface area contributed by atoms with Crippen LogP contribution in [-0.4, -0.2) is 98.5 Å². The van der Waals surface area contributed by atoms with E-state index < -0.39 is 29.9 Å². The number of imide groups is 1. The molecule has 0 bridgehead atoms. The molecule has 1 fully saturated rings. The first-order valence-corrected chi connectivity index (χ1v) is 17.8. The Labute approximate surface area is 306 Å². The van der Waals surface area contributed by atoms with E-state index in [4.69, 9.17) is 18.9 Å². The molecule has 290 valence electrons. The third-order valence-electron chi connectivity index (χ3n) is 7.94. The minimum Gasteiger partial charge on any atom is -0.465 e. The average molecular weight is 733 g/mol. The topological polar surface area (TPSA) is 196 Å². The van der Waals surface area contributed by atoms with Crippen molar-refractivity contribution in [2.75, 3.05) is 51.4 Å². The summed E-state index contributed by atoms with van der Waals surface area (Å²) in [6.45, 7) is 12.8. The normalized spacial score (nSPS) is 14.2. The molecule has 0 aliphatic carbocycles. The highest BCUT2D eigenvalue weighted by Crippen LogP contribution is 2.18. The van der Waals surface area contributed by atoms with Crippen LogP contribution < -0.4 is 16.0 Å². The van der Waals surface area contributed by atoms with E-state index in [0.717, 1.165) is 0 Å². The zero-order valence-electron chi connectivity index (χ0n) is 31.4. The van der Waals surface area contributed by atoms with Crippen molar-refractivity contribution in [2.45, 2.75) is 92.7 Å². The number of benzene rings is 1. The Morgan fingerprint density at radius 3 is 2.08 bits per heavy atom. The second-order valence-corrected chi connectivity index (χ2v) is 14.3. The molecule has 1 heterocycles. The van der Waals surface area contributed by atoms with Gasteiger partial charge in [0.2, 0.25) is 23.6 Å². The number of likely N-dealkylation sites (tertiary alicyclic amines) is 1. The molecule has 15 heteroatoms. The number of carbonyl (C=O) groups is 7. The molecule has 52 heavy (non-hydrogen) atoms. The van der Waals surface area contributed by atoms with Gasteiger partial charge in [-0.05, 0) is 42.4 Å². The highest BCUT2D eigenvalue weighted by molar-refractivity contribution is 6.02. The Kier molecular flexibility index (Phi) is 19.0. The number of hydrogen-bond acceptors (Lipinski definition) is 11. The fourth-order valence-electron chi connectivity index (χ4n) is 4.83. The third kappa shape index (κ3) is 17.7. The molecule has 5 amide bonds. The quantitative estimate of drug-likeness (QED) is 0.0846. The Balaban J connectivity index is 1.63. The molecular formula is C37H56N4O11. The van der Waals surface area contributed by atoms with Crippen molar-refractivity contribution in [1.29, 1.82) is 0 Å². The SMILES string of the molecule is CC(C)[C@H](CC(=O)CCOCCOCCN1C(=O)CCC1=O)C(=O)N[C@@H](C)C(=O)Nc1ccc(COC(=O)NCCCC(=O)OCC(C)(C)C)cc1. The van der Waals surface area contributed by atoms with Crippen molar-refractivity contribution in [3.05, 3.63) is 29.8 Å². The van der Waals surface area contributed by atoms with Gasteiger partial charge in [-0.15, -0.1) is 0 Å². The number of anilines is 1. The number of nitrogens with zero attached hydrogens (tertiary/aromatic N) is 1. The van der Waals surface area contributed by atoms with Gasteiger partial charge in [0.25, 0.3) is 0 Å². The van der Waals surface area contributed by atoms with Crippen LogP contribution in [-0.2, 0) is 54.3 Å². The molecule has 1 saturated heterocycles. The molecule has 0 aromatic heterocycles. The van der Waals surface area contributed by atoms with E-state index in [2.05, 4.69) is 16.0 Å². The second kappa shape index (κ2) is 22.5. The molecule has 1 aliphatic heterocycles. The van der Waals surface area contributed by atoms with Crippen LogP contribution in [0.15, 0.2) is 24.3 Å².